The number of benzene rings is 2. The molecule has 33 heavy (non-hydrogen) atoms. The predicted octanol–water partition coefficient (Wildman–Crippen LogP) is 6.31. The third kappa shape index (κ3) is 7.31. The van der Waals surface area contributed by atoms with Crippen molar-refractivity contribution in [3.8, 4) is 0 Å². The van der Waals surface area contributed by atoms with Gasteiger partial charge in [0.05, 0.1) is 24.2 Å². The molecule has 180 valence electrons. The first-order valence-corrected chi connectivity index (χ1v) is 11.9. The maximum absolute atomic E-state index is 13.5. The number of carbonyl (C=O) groups is 1. The molecule has 6 heteroatoms. The molecule has 4 atom stereocenters. The van der Waals surface area contributed by atoms with Crippen LogP contribution in [0.5, 0.6) is 0 Å². The molecular formula is C27H35Cl2NO3. The van der Waals surface area contributed by atoms with Crippen molar-refractivity contribution in [1.82, 2.24) is 5.32 Å². The molecule has 0 aliphatic heterocycles. The van der Waals surface area contributed by atoms with Gasteiger partial charge in [-0.3, -0.25) is 4.79 Å². The number of nitrogens with one attached hydrogen (secondary N) is 1. The minimum absolute atomic E-state index is 0.162. The molecule has 0 spiro atoms. The summed E-state index contributed by atoms with van der Waals surface area (Å²) in [6.07, 6.45) is 1.59. The van der Waals surface area contributed by atoms with E-state index in [1.165, 1.54) is 0 Å². The molecule has 0 saturated heterocycles. The predicted molar refractivity (Wildman–Crippen MR) is 137 cm³/mol. The zero-order valence-corrected chi connectivity index (χ0v) is 21.3. The number of aliphatic hydroxyl groups is 2. The van der Waals surface area contributed by atoms with Crippen LogP contribution >= 0.6 is 23.2 Å². The quantitative estimate of drug-likeness (QED) is 0.341. The van der Waals surface area contributed by atoms with Crippen LogP contribution in [0, 0.1) is 10.8 Å². The zero-order valence-electron chi connectivity index (χ0n) is 19.8. The summed E-state index contributed by atoms with van der Waals surface area (Å²) >= 11 is 12.3. The number of rotatable bonds is 10. The first kappa shape index (κ1) is 27.4. The molecule has 0 aliphatic carbocycles. The molecule has 1 unspecified atom stereocenters. The highest BCUT2D eigenvalue weighted by Crippen LogP contribution is 2.43. The molecule has 0 heterocycles. The number of halogens is 2. The van der Waals surface area contributed by atoms with E-state index >= 15 is 0 Å². The van der Waals surface area contributed by atoms with Crippen molar-refractivity contribution in [1.29, 1.82) is 0 Å². The summed E-state index contributed by atoms with van der Waals surface area (Å²) in [7, 11) is 0. The van der Waals surface area contributed by atoms with Crippen molar-refractivity contribution < 1.29 is 15.0 Å². The largest absolute Gasteiger partial charge is 0.394 e. The average molecular weight is 492 g/mol. The average Bonchev–Trinajstić information content (AvgIpc) is 2.75. The Kier molecular flexibility index (Phi) is 9.57. The smallest absolute Gasteiger partial charge is 0.226 e. The van der Waals surface area contributed by atoms with E-state index in [0.29, 0.717) is 28.5 Å². The number of hydrogen-bond acceptors (Lipinski definition) is 3. The van der Waals surface area contributed by atoms with Crippen LogP contribution in [-0.2, 0) is 4.79 Å². The summed E-state index contributed by atoms with van der Waals surface area (Å²) in [5.41, 5.74) is 0.353. The summed E-state index contributed by atoms with van der Waals surface area (Å²) in [6, 6.07) is 14.0. The maximum Gasteiger partial charge on any atom is 0.226 e. The van der Waals surface area contributed by atoms with Crippen LogP contribution in [0.2, 0.25) is 10.0 Å². The molecule has 0 bridgehead atoms. The lowest BCUT2D eigenvalue weighted by atomic mass is 9.72. The van der Waals surface area contributed by atoms with Crippen LogP contribution in [-0.4, -0.2) is 28.8 Å². The summed E-state index contributed by atoms with van der Waals surface area (Å²) in [5.74, 6) is -0.602. The van der Waals surface area contributed by atoms with E-state index in [9.17, 15) is 15.0 Å². The van der Waals surface area contributed by atoms with E-state index < -0.39 is 23.5 Å². The van der Waals surface area contributed by atoms with Crippen LogP contribution in [0.15, 0.2) is 61.2 Å². The fourth-order valence-electron chi connectivity index (χ4n) is 3.98. The van der Waals surface area contributed by atoms with Crippen LogP contribution in [0.1, 0.15) is 63.7 Å². The standard InChI is InChI=1S/C27H35Cl2NO3/c1-6-14-27(5,25(33)30-23(17-31)26(2,3)4)16-22(19-8-7-9-21(29)15-19)24(32)18-10-12-20(28)13-11-18/h6-13,15,22-24,31-32H,1,14,16-17H2,2-5H3,(H,30,33)/t22?,23-,24+,27+/m1/s1. The molecule has 2 aromatic rings. The Hall–Kier alpha value is -1.85. The molecule has 0 aliphatic rings. The van der Waals surface area contributed by atoms with Gasteiger partial charge in [0.25, 0.3) is 0 Å². The fourth-order valence-corrected chi connectivity index (χ4v) is 4.31. The van der Waals surface area contributed by atoms with Gasteiger partial charge in [-0.1, -0.05) is 81.2 Å². The number of amides is 1. The van der Waals surface area contributed by atoms with E-state index in [4.69, 9.17) is 23.2 Å². The third-order valence-corrected chi connectivity index (χ3v) is 6.70. The fraction of sp³-hybridized carbons (Fsp3) is 0.444. The van der Waals surface area contributed by atoms with Gasteiger partial charge in [-0.25, -0.2) is 0 Å². The number of carbonyl (C=O) groups excluding carboxylic acids is 1. The minimum atomic E-state index is -0.881. The Morgan fingerprint density at radius 3 is 2.21 bits per heavy atom. The molecule has 0 fully saturated rings. The van der Waals surface area contributed by atoms with E-state index in [0.717, 1.165) is 5.56 Å². The van der Waals surface area contributed by atoms with E-state index in [1.54, 1.807) is 36.4 Å². The van der Waals surface area contributed by atoms with Crippen molar-refractivity contribution in [2.75, 3.05) is 6.61 Å². The second-order valence-corrected chi connectivity index (χ2v) is 10.9. The number of hydrogen-bond donors (Lipinski definition) is 3. The molecule has 2 aromatic carbocycles. The van der Waals surface area contributed by atoms with Gasteiger partial charge in [0.15, 0.2) is 0 Å². The normalized spacial score (nSPS) is 16.4. The van der Waals surface area contributed by atoms with Gasteiger partial charge in [0.1, 0.15) is 0 Å². The summed E-state index contributed by atoms with van der Waals surface area (Å²) < 4.78 is 0. The van der Waals surface area contributed by atoms with Crippen LogP contribution in [0.25, 0.3) is 0 Å². The third-order valence-electron chi connectivity index (χ3n) is 6.22. The van der Waals surface area contributed by atoms with E-state index in [-0.39, 0.29) is 17.9 Å². The first-order valence-electron chi connectivity index (χ1n) is 11.1. The van der Waals surface area contributed by atoms with Crippen LogP contribution < -0.4 is 5.32 Å². The molecule has 0 aromatic heterocycles. The number of aliphatic hydroxyl groups excluding tert-OH is 2. The van der Waals surface area contributed by atoms with Gasteiger partial charge < -0.3 is 15.5 Å². The molecule has 0 saturated carbocycles. The van der Waals surface area contributed by atoms with Crippen molar-refractivity contribution >= 4 is 29.1 Å². The zero-order chi connectivity index (χ0) is 24.8. The molecule has 2 rings (SSSR count). The number of allylic oxidation sites excluding steroid dienone is 1. The topological polar surface area (TPSA) is 69.6 Å². The Morgan fingerprint density at radius 1 is 1.06 bits per heavy atom. The lowest BCUT2D eigenvalue weighted by Gasteiger charge is -2.37. The molecule has 0 radical (unpaired) electrons. The lowest BCUT2D eigenvalue weighted by Crippen LogP contribution is -2.51. The van der Waals surface area contributed by atoms with Gasteiger partial charge in [-0.05, 0) is 53.6 Å². The SMILES string of the molecule is C=CC[C@@](C)(CC(c1cccc(Cl)c1)[C@@H](O)c1ccc(Cl)cc1)C(=O)N[C@H](CO)C(C)(C)C. The molecule has 3 N–H and O–H groups in total. The minimum Gasteiger partial charge on any atom is -0.394 e. The van der Waals surface area contributed by atoms with Gasteiger partial charge in [-0.15, -0.1) is 6.58 Å². The first-order chi connectivity index (χ1) is 15.4. The van der Waals surface area contributed by atoms with Crippen molar-refractivity contribution in [3.05, 3.63) is 82.4 Å². The maximum atomic E-state index is 13.5. The van der Waals surface area contributed by atoms with Crippen molar-refractivity contribution in [3.63, 3.8) is 0 Å². The van der Waals surface area contributed by atoms with Gasteiger partial charge in [0, 0.05) is 16.0 Å². The van der Waals surface area contributed by atoms with Gasteiger partial charge >= 0.3 is 0 Å². The van der Waals surface area contributed by atoms with Crippen molar-refractivity contribution in [2.24, 2.45) is 10.8 Å². The second-order valence-electron chi connectivity index (χ2n) is 9.99. The summed E-state index contributed by atoms with van der Waals surface area (Å²) in [6.45, 7) is 11.5. The van der Waals surface area contributed by atoms with Crippen molar-refractivity contribution in [2.45, 2.75) is 58.6 Å². The summed E-state index contributed by atoms with van der Waals surface area (Å²) in [4.78, 5) is 13.5. The molecular weight excluding hydrogens is 457 g/mol. The Labute approximate surface area is 207 Å². The van der Waals surface area contributed by atoms with E-state index in [1.807, 2.05) is 45.9 Å². The highest BCUT2D eigenvalue weighted by Gasteiger charge is 2.40. The Bertz CT molecular complexity index is 939. The van der Waals surface area contributed by atoms with E-state index in [2.05, 4.69) is 11.9 Å². The van der Waals surface area contributed by atoms with Gasteiger partial charge in [-0.2, -0.15) is 0 Å². The highest BCUT2D eigenvalue weighted by atomic mass is 35.5. The lowest BCUT2D eigenvalue weighted by molar-refractivity contribution is -0.133. The molecule has 4 nitrogen and oxygen atoms in total. The Balaban J connectivity index is 2.46. The Morgan fingerprint density at radius 2 is 1.70 bits per heavy atom. The molecule has 1 amide bonds. The second kappa shape index (κ2) is 11.5. The van der Waals surface area contributed by atoms with Crippen LogP contribution in [0.4, 0.5) is 0 Å². The highest BCUT2D eigenvalue weighted by molar-refractivity contribution is 6.30. The van der Waals surface area contributed by atoms with Crippen LogP contribution in [0.3, 0.4) is 0 Å². The monoisotopic (exact) mass is 491 g/mol. The van der Waals surface area contributed by atoms with Gasteiger partial charge in [0.2, 0.25) is 5.91 Å². The summed E-state index contributed by atoms with van der Waals surface area (Å²) in [5, 5.41) is 25.4.